The van der Waals surface area contributed by atoms with Gasteiger partial charge >= 0.3 is 0 Å². The Morgan fingerprint density at radius 2 is 2.14 bits per heavy atom. The molecule has 1 aromatic heterocycles. The van der Waals surface area contributed by atoms with E-state index in [1.165, 1.54) is 0 Å². The van der Waals surface area contributed by atoms with E-state index < -0.39 is 6.10 Å². The fourth-order valence-corrected chi connectivity index (χ4v) is 0.869. The van der Waals surface area contributed by atoms with E-state index in [1.807, 2.05) is 20.8 Å². The first-order chi connectivity index (χ1) is 6.43. The molecule has 5 heteroatoms. The second kappa shape index (κ2) is 4.06. The molecule has 0 saturated heterocycles. The van der Waals surface area contributed by atoms with Crippen molar-refractivity contribution in [3.63, 3.8) is 0 Å². The van der Waals surface area contributed by atoms with Gasteiger partial charge in [-0.2, -0.15) is 0 Å². The van der Waals surface area contributed by atoms with E-state index in [-0.39, 0.29) is 5.54 Å². The fourth-order valence-electron chi connectivity index (χ4n) is 0.869. The molecule has 80 valence electrons. The van der Waals surface area contributed by atoms with E-state index in [0.717, 1.165) is 11.4 Å². The van der Waals surface area contributed by atoms with Gasteiger partial charge in [-0.1, -0.05) is 10.3 Å². The van der Waals surface area contributed by atoms with Crippen LogP contribution >= 0.6 is 0 Å². The predicted molar refractivity (Wildman–Crippen MR) is 51.6 cm³/mol. The molecule has 0 bridgehead atoms. The highest BCUT2D eigenvalue weighted by Gasteiger charge is 2.23. The molecule has 5 nitrogen and oxygen atoms in total. The summed E-state index contributed by atoms with van der Waals surface area (Å²) in [7, 11) is 0. The quantitative estimate of drug-likeness (QED) is 0.744. The monoisotopic (exact) mass is 199 g/mol. The topological polar surface area (TPSA) is 71.2 Å². The van der Waals surface area contributed by atoms with Crippen LogP contribution in [0, 0.1) is 6.92 Å². The van der Waals surface area contributed by atoms with Crippen molar-refractivity contribution in [1.82, 2.24) is 15.6 Å². The van der Waals surface area contributed by atoms with Gasteiger partial charge in [-0.3, -0.25) is 0 Å². The van der Waals surface area contributed by atoms with Gasteiger partial charge in [0, 0.05) is 12.1 Å². The van der Waals surface area contributed by atoms with Crippen molar-refractivity contribution in [2.24, 2.45) is 0 Å². The van der Waals surface area contributed by atoms with Crippen LogP contribution < -0.4 is 5.32 Å². The molecule has 1 atom stereocenters. The third-order valence-corrected chi connectivity index (χ3v) is 2.50. The number of aryl methyl sites for hydroxylation is 1. The summed E-state index contributed by atoms with van der Waals surface area (Å²) in [6.45, 7) is 8.00. The minimum Gasteiger partial charge on any atom is -0.392 e. The summed E-state index contributed by atoms with van der Waals surface area (Å²) in [5.74, 6) is 0. The molecular formula is C9H17N3O2. The lowest BCUT2D eigenvalue weighted by atomic mass is 9.99. The summed E-state index contributed by atoms with van der Waals surface area (Å²) in [6, 6.07) is 0. The van der Waals surface area contributed by atoms with Crippen molar-refractivity contribution < 1.29 is 9.74 Å². The molecule has 0 spiro atoms. The number of hydrogen-bond acceptors (Lipinski definition) is 5. The Balaban J connectivity index is 2.53. The predicted octanol–water partition coefficient (Wildman–Crippen LogP) is 0.627. The highest BCUT2D eigenvalue weighted by molar-refractivity contribution is 5.04. The fraction of sp³-hybridized carbons (Fsp3) is 0.778. The number of rotatable bonds is 4. The lowest BCUT2D eigenvalue weighted by molar-refractivity contribution is 0.0951. The molecule has 0 amide bonds. The molecule has 0 aromatic carbocycles. The summed E-state index contributed by atoms with van der Waals surface area (Å²) in [5, 5.41) is 20.1. The van der Waals surface area contributed by atoms with E-state index in [9.17, 15) is 5.11 Å². The lowest BCUT2D eigenvalue weighted by Gasteiger charge is -2.29. The number of nitrogens with one attached hydrogen (secondary N) is 1. The molecule has 0 saturated carbocycles. The van der Waals surface area contributed by atoms with Crippen LogP contribution in [0.2, 0.25) is 0 Å². The Labute approximate surface area is 83.5 Å². The SMILES string of the molecule is Cc1nonc1CNC(C)(C)C(C)O. The second-order valence-corrected chi connectivity index (χ2v) is 4.05. The third-order valence-electron chi connectivity index (χ3n) is 2.50. The molecule has 0 aliphatic heterocycles. The first-order valence-corrected chi connectivity index (χ1v) is 4.64. The second-order valence-electron chi connectivity index (χ2n) is 4.05. The van der Waals surface area contributed by atoms with Crippen LogP contribution in [0.25, 0.3) is 0 Å². The number of aliphatic hydroxyl groups is 1. The zero-order chi connectivity index (χ0) is 10.8. The summed E-state index contributed by atoms with van der Waals surface area (Å²) in [4.78, 5) is 0. The first kappa shape index (κ1) is 11.1. The van der Waals surface area contributed by atoms with Crippen LogP contribution in [0.5, 0.6) is 0 Å². The van der Waals surface area contributed by atoms with Crippen molar-refractivity contribution in [3.8, 4) is 0 Å². The van der Waals surface area contributed by atoms with E-state index in [2.05, 4.69) is 20.3 Å². The normalized spacial score (nSPS) is 14.4. The van der Waals surface area contributed by atoms with Crippen LogP contribution in [-0.2, 0) is 6.54 Å². The van der Waals surface area contributed by atoms with Gasteiger partial charge in [0.05, 0.1) is 6.10 Å². The molecule has 2 N–H and O–H groups in total. The highest BCUT2D eigenvalue weighted by Crippen LogP contribution is 2.10. The number of hydrogen-bond donors (Lipinski definition) is 2. The van der Waals surface area contributed by atoms with Crippen LogP contribution in [0.4, 0.5) is 0 Å². The Hall–Kier alpha value is -0.940. The molecular weight excluding hydrogens is 182 g/mol. The number of nitrogens with zero attached hydrogens (tertiary/aromatic N) is 2. The van der Waals surface area contributed by atoms with Gasteiger partial charge in [0.1, 0.15) is 11.4 Å². The van der Waals surface area contributed by atoms with Crippen molar-refractivity contribution in [1.29, 1.82) is 0 Å². The first-order valence-electron chi connectivity index (χ1n) is 4.64. The zero-order valence-electron chi connectivity index (χ0n) is 9.03. The summed E-state index contributed by atoms with van der Waals surface area (Å²) in [6.07, 6.45) is -0.428. The van der Waals surface area contributed by atoms with E-state index in [4.69, 9.17) is 0 Å². The Morgan fingerprint density at radius 3 is 2.57 bits per heavy atom. The Bertz CT molecular complexity index is 294. The summed E-state index contributed by atoms with van der Waals surface area (Å²) in [5.41, 5.74) is 1.21. The van der Waals surface area contributed by atoms with Gasteiger partial charge in [-0.05, 0) is 27.7 Å². The smallest absolute Gasteiger partial charge is 0.121 e. The minimum atomic E-state index is -0.428. The molecule has 0 radical (unpaired) electrons. The van der Waals surface area contributed by atoms with Gasteiger partial charge in [0.15, 0.2) is 0 Å². The molecule has 0 aliphatic rings. The van der Waals surface area contributed by atoms with Crippen LogP contribution in [-0.4, -0.2) is 27.1 Å². The van der Waals surface area contributed by atoms with Crippen molar-refractivity contribution in [3.05, 3.63) is 11.4 Å². The van der Waals surface area contributed by atoms with Crippen LogP contribution in [0.1, 0.15) is 32.2 Å². The third kappa shape index (κ3) is 2.52. The molecule has 1 unspecified atom stereocenters. The lowest BCUT2D eigenvalue weighted by Crippen LogP contribution is -2.47. The summed E-state index contributed by atoms with van der Waals surface area (Å²) < 4.78 is 4.57. The largest absolute Gasteiger partial charge is 0.392 e. The molecule has 1 rings (SSSR count). The van der Waals surface area contributed by atoms with Gasteiger partial charge in [0.25, 0.3) is 0 Å². The van der Waals surface area contributed by atoms with E-state index >= 15 is 0 Å². The highest BCUT2D eigenvalue weighted by atomic mass is 16.6. The molecule has 1 heterocycles. The van der Waals surface area contributed by atoms with Gasteiger partial charge in [0.2, 0.25) is 0 Å². The number of aromatic nitrogens is 2. The van der Waals surface area contributed by atoms with Crippen LogP contribution in [0.15, 0.2) is 4.63 Å². The van der Waals surface area contributed by atoms with E-state index in [0.29, 0.717) is 6.54 Å². The van der Waals surface area contributed by atoms with Crippen LogP contribution in [0.3, 0.4) is 0 Å². The molecule has 0 aliphatic carbocycles. The summed E-state index contributed by atoms with van der Waals surface area (Å²) >= 11 is 0. The van der Waals surface area contributed by atoms with Crippen molar-refractivity contribution in [2.45, 2.75) is 45.9 Å². The zero-order valence-corrected chi connectivity index (χ0v) is 9.03. The average molecular weight is 199 g/mol. The van der Waals surface area contributed by atoms with Crippen molar-refractivity contribution in [2.75, 3.05) is 0 Å². The maximum absolute atomic E-state index is 9.46. The van der Waals surface area contributed by atoms with Gasteiger partial charge < -0.3 is 10.4 Å². The minimum absolute atomic E-state index is 0.342. The van der Waals surface area contributed by atoms with Gasteiger partial charge in [-0.25, -0.2) is 4.63 Å². The van der Waals surface area contributed by atoms with E-state index in [1.54, 1.807) is 6.92 Å². The molecule has 0 fully saturated rings. The maximum Gasteiger partial charge on any atom is 0.121 e. The Kier molecular flexibility index (Phi) is 3.23. The van der Waals surface area contributed by atoms with Gasteiger partial charge in [-0.15, -0.1) is 0 Å². The standard InChI is InChI=1S/C9H17N3O2/c1-6-8(12-14-11-6)5-10-9(3,4)7(2)13/h7,10,13H,5H2,1-4H3. The molecule has 1 aromatic rings. The van der Waals surface area contributed by atoms with Crippen molar-refractivity contribution >= 4 is 0 Å². The Morgan fingerprint density at radius 1 is 1.50 bits per heavy atom. The molecule has 14 heavy (non-hydrogen) atoms. The number of aliphatic hydroxyl groups excluding tert-OH is 1. The maximum atomic E-state index is 9.46. The average Bonchev–Trinajstić information content (AvgIpc) is 2.47.